The first kappa shape index (κ1) is 16.8. The van der Waals surface area contributed by atoms with Gasteiger partial charge in [-0.3, -0.25) is 9.59 Å². The van der Waals surface area contributed by atoms with E-state index in [1.165, 1.54) is 0 Å². The van der Waals surface area contributed by atoms with Crippen LogP contribution >= 0.6 is 34.2 Å². The zero-order chi connectivity index (χ0) is 16.1. The summed E-state index contributed by atoms with van der Waals surface area (Å²) < 4.78 is 0.885. The van der Waals surface area contributed by atoms with Crippen molar-refractivity contribution in [1.82, 2.24) is 5.32 Å². The van der Waals surface area contributed by atoms with Crippen LogP contribution in [0.25, 0.3) is 0 Å². The summed E-state index contributed by atoms with van der Waals surface area (Å²) in [5.74, 6) is -0.558. The molecule has 2 N–H and O–H groups in total. The number of aryl methyl sites for hydroxylation is 1. The first-order chi connectivity index (χ1) is 10.5. The molecule has 0 atom stereocenters. The predicted molar refractivity (Wildman–Crippen MR) is 96.3 cm³/mol. The maximum absolute atomic E-state index is 12.1. The Labute approximate surface area is 147 Å². The molecule has 114 valence electrons. The van der Waals surface area contributed by atoms with Gasteiger partial charge in [-0.2, -0.15) is 0 Å². The lowest BCUT2D eigenvalue weighted by Gasteiger charge is -2.09. The van der Waals surface area contributed by atoms with Crippen molar-refractivity contribution in [2.24, 2.45) is 0 Å². The molecule has 0 radical (unpaired) electrons. The first-order valence-electron chi connectivity index (χ1n) is 6.56. The highest BCUT2D eigenvalue weighted by atomic mass is 127. The fraction of sp³-hybridized carbons (Fsp3) is 0.125. The van der Waals surface area contributed by atoms with Gasteiger partial charge in [-0.1, -0.05) is 23.7 Å². The van der Waals surface area contributed by atoms with Crippen molar-refractivity contribution in [3.63, 3.8) is 0 Å². The van der Waals surface area contributed by atoms with Crippen LogP contribution in [-0.4, -0.2) is 18.4 Å². The summed E-state index contributed by atoms with van der Waals surface area (Å²) in [5.41, 5.74) is 2.23. The molecule has 22 heavy (non-hydrogen) atoms. The third-order valence-corrected chi connectivity index (χ3v) is 4.66. The van der Waals surface area contributed by atoms with Gasteiger partial charge >= 0.3 is 0 Å². The van der Waals surface area contributed by atoms with Crippen molar-refractivity contribution in [3.8, 4) is 0 Å². The molecule has 0 heterocycles. The number of amides is 2. The number of carbonyl (C=O) groups is 2. The normalized spacial score (nSPS) is 10.1. The Morgan fingerprint density at radius 3 is 2.50 bits per heavy atom. The Bertz CT molecular complexity index is 702. The Kier molecular flexibility index (Phi) is 5.79. The molecule has 6 heteroatoms. The lowest BCUT2D eigenvalue weighted by atomic mass is 10.1. The van der Waals surface area contributed by atoms with E-state index in [9.17, 15) is 9.59 Å². The van der Waals surface area contributed by atoms with Gasteiger partial charge in [0.25, 0.3) is 5.91 Å². The van der Waals surface area contributed by atoms with E-state index in [1.807, 2.05) is 19.1 Å². The molecular weight excluding hydrogens is 415 g/mol. The summed E-state index contributed by atoms with van der Waals surface area (Å²) in [6.07, 6.45) is 0. The number of nitrogens with one attached hydrogen (secondary N) is 2. The standard InChI is InChI=1S/C16H14ClIN2O2/c1-10-3-2-4-13(15(10)18)16(22)19-9-14(21)20-12-7-5-11(17)6-8-12/h2-8H,9H2,1H3,(H,19,22)(H,20,21). The number of carbonyl (C=O) groups excluding carboxylic acids is 2. The molecule has 0 saturated heterocycles. The van der Waals surface area contributed by atoms with Crippen LogP contribution in [0.3, 0.4) is 0 Å². The van der Waals surface area contributed by atoms with Gasteiger partial charge < -0.3 is 10.6 Å². The van der Waals surface area contributed by atoms with Gasteiger partial charge in [-0.25, -0.2) is 0 Å². The molecule has 0 aliphatic rings. The Morgan fingerprint density at radius 2 is 1.82 bits per heavy atom. The molecule has 0 saturated carbocycles. The van der Waals surface area contributed by atoms with Crippen molar-refractivity contribution in [1.29, 1.82) is 0 Å². The van der Waals surface area contributed by atoms with E-state index in [1.54, 1.807) is 30.3 Å². The molecule has 0 unspecified atom stereocenters. The topological polar surface area (TPSA) is 58.2 Å². The van der Waals surface area contributed by atoms with E-state index in [-0.39, 0.29) is 18.4 Å². The minimum absolute atomic E-state index is 0.0918. The van der Waals surface area contributed by atoms with Gasteiger partial charge in [-0.05, 0) is 65.4 Å². The molecule has 0 aromatic heterocycles. The van der Waals surface area contributed by atoms with Gasteiger partial charge in [0.2, 0.25) is 5.91 Å². The first-order valence-corrected chi connectivity index (χ1v) is 8.02. The summed E-state index contributed by atoms with van der Waals surface area (Å²) in [6, 6.07) is 12.3. The lowest BCUT2D eigenvalue weighted by Crippen LogP contribution is -2.33. The number of halogens is 2. The highest BCUT2D eigenvalue weighted by molar-refractivity contribution is 14.1. The van der Waals surface area contributed by atoms with Crippen LogP contribution in [0.5, 0.6) is 0 Å². The fourth-order valence-corrected chi connectivity index (χ4v) is 2.55. The molecule has 0 spiro atoms. The number of rotatable bonds is 4. The Balaban J connectivity index is 1.92. The van der Waals surface area contributed by atoms with Crippen molar-refractivity contribution < 1.29 is 9.59 Å². The molecule has 2 aromatic carbocycles. The van der Waals surface area contributed by atoms with Crippen LogP contribution in [0.2, 0.25) is 5.02 Å². The maximum atomic E-state index is 12.1. The summed E-state index contributed by atoms with van der Waals surface area (Å²) in [6.45, 7) is 1.84. The van der Waals surface area contributed by atoms with E-state index in [0.717, 1.165) is 9.13 Å². The molecule has 4 nitrogen and oxygen atoms in total. The predicted octanol–water partition coefficient (Wildman–Crippen LogP) is 3.62. The highest BCUT2D eigenvalue weighted by Gasteiger charge is 2.12. The number of benzene rings is 2. The molecular formula is C16H14ClIN2O2. The summed E-state index contributed by atoms with van der Waals surface area (Å²) in [5, 5.41) is 5.90. The van der Waals surface area contributed by atoms with E-state index >= 15 is 0 Å². The lowest BCUT2D eigenvalue weighted by molar-refractivity contribution is -0.115. The zero-order valence-electron chi connectivity index (χ0n) is 11.8. The second kappa shape index (κ2) is 7.60. The smallest absolute Gasteiger partial charge is 0.252 e. The average Bonchev–Trinajstić information content (AvgIpc) is 2.50. The van der Waals surface area contributed by atoms with Gasteiger partial charge in [0.05, 0.1) is 12.1 Å². The number of hydrogen-bond acceptors (Lipinski definition) is 2. The van der Waals surface area contributed by atoms with Crippen LogP contribution in [-0.2, 0) is 4.79 Å². The molecule has 2 amide bonds. The van der Waals surface area contributed by atoms with Crippen molar-refractivity contribution in [2.45, 2.75) is 6.92 Å². The summed E-state index contributed by atoms with van der Waals surface area (Å²) >= 11 is 7.90. The van der Waals surface area contributed by atoms with Crippen molar-refractivity contribution in [3.05, 3.63) is 62.2 Å². The van der Waals surface area contributed by atoms with Gasteiger partial charge in [0.1, 0.15) is 0 Å². The van der Waals surface area contributed by atoms with Gasteiger partial charge in [0, 0.05) is 14.3 Å². The minimum atomic E-state index is -0.293. The van der Waals surface area contributed by atoms with Crippen LogP contribution in [0.1, 0.15) is 15.9 Å². The van der Waals surface area contributed by atoms with E-state index < -0.39 is 0 Å². The van der Waals surface area contributed by atoms with E-state index in [0.29, 0.717) is 16.3 Å². The van der Waals surface area contributed by atoms with Crippen LogP contribution < -0.4 is 10.6 Å². The third-order valence-electron chi connectivity index (χ3n) is 2.97. The molecule has 0 aliphatic carbocycles. The minimum Gasteiger partial charge on any atom is -0.343 e. The zero-order valence-corrected chi connectivity index (χ0v) is 14.7. The molecule has 0 bridgehead atoms. The van der Waals surface area contributed by atoms with Crippen LogP contribution in [0, 0.1) is 10.5 Å². The van der Waals surface area contributed by atoms with Crippen molar-refractivity contribution in [2.75, 3.05) is 11.9 Å². The third kappa shape index (κ3) is 4.45. The second-order valence-electron chi connectivity index (χ2n) is 4.67. The monoisotopic (exact) mass is 428 g/mol. The van der Waals surface area contributed by atoms with Crippen LogP contribution in [0.15, 0.2) is 42.5 Å². The highest BCUT2D eigenvalue weighted by Crippen LogP contribution is 2.16. The largest absolute Gasteiger partial charge is 0.343 e. The molecule has 0 aliphatic heterocycles. The van der Waals surface area contributed by atoms with Gasteiger partial charge in [-0.15, -0.1) is 0 Å². The van der Waals surface area contributed by atoms with Gasteiger partial charge in [0.15, 0.2) is 0 Å². The summed E-state index contributed by atoms with van der Waals surface area (Å²) in [4.78, 5) is 23.9. The van der Waals surface area contributed by atoms with E-state index in [4.69, 9.17) is 11.6 Å². The second-order valence-corrected chi connectivity index (χ2v) is 6.19. The quantitative estimate of drug-likeness (QED) is 0.731. The number of anilines is 1. The fourth-order valence-electron chi connectivity index (χ4n) is 1.82. The van der Waals surface area contributed by atoms with Crippen molar-refractivity contribution >= 4 is 51.7 Å². The van der Waals surface area contributed by atoms with E-state index in [2.05, 4.69) is 33.2 Å². The Morgan fingerprint density at radius 1 is 1.14 bits per heavy atom. The molecule has 2 rings (SSSR count). The number of hydrogen-bond donors (Lipinski definition) is 2. The molecule has 2 aromatic rings. The Hall–Kier alpha value is -1.60. The van der Waals surface area contributed by atoms with Crippen LogP contribution in [0.4, 0.5) is 5.69 Å². The SMILES string of the molecule is Cc1cccc(C(=O)NCC(=O)Nc2ccc(Cl)cc2)c1I. The summed E-state index contributed by atoms with van der Waals surface area (Å²) in [7, 11) is 0. The average molecular weight is 429 g/mol. The maximum Gasteiger partial charge on any atom is 0.252 e. The molecule has 0 fully saturated rings.